The molecular weight excluding hydrogens is 279 g/mol. The largest absolute Gasteiger partial charge is 0.469 e. The van der Waals surface area contributed by atoms with Gasteiger partial charge in [0.2, 0.25) is 0 Å². The molecule has 0 saturated heterocycles. The van der Waals surface area contributed by atoms with Gasteiger partial charge in [-0.15, -0.1) is 11.6 Å². The third-order valence-corrected chi connectivity index (χ3v) is 3.46. The second-order valence-electron chi connectivity index (χ2n) is 4.58. The first kappa shape index (κ1) is 13.2. The predicted molar refractivity (Wildman–Crippen MR) is 76.5 cm³/mol. The monoisotopic (exact) mass is 292 g/mol. The van der Waals surface area contributed by atoms with Gasteiger partial charge in [0.1, 0.15) is 17.4 Å². The molecule has 0 aliphatic carbocycles. The highest BCUT2D eigenvalue weighted by atomic mass is 35.5. The number of imidazole rings is 1. The summed E-state index contributed by atoms with van der Waals surface area (Å²) in [5.41, 5.74) is 1.60. The maximum Gasteiger partial charge on any atom is 0.125 e. The molecule has 0 atom stereocenters. The van der Waals surface area contributed by atoms with Gasteiger partial charge in [0.05, 0.1) is 17.3 Å². The molecule has 0 aliphatic heterocycles. The molecule has 5 heteroatoms. The van der Waals surface area contributed by atoms with Crippen LogP contribution < -0.4 is 0 Å². The van der Waals surface area contributed by atoms with Gasteiger partial charge in [-0.05, 0) is 24.3 Å². The molecular formula is C15H14ClFN2O. The number of nitrogens with zero attached hydrogens (tertiary/aromatic N) is 2. The van der Waals surface area contributed by atoms with Gasteiger partial charge < -0.3 is 8.98 Å². The number of furan rings is 1. The summed E-state index contributed by atoms with van der Waals surface area (Å²) in [6, 6.07) is 8.49. The van der Waals surface area contributed by atoms with E-state index in [-0.39, 0.29) is 5.82 Å². The lowest BCUT2D eigenvalue weighted by atomic mass is 10.3. The standard InChI is InChI=1S/C15H14ClFN2O/c16-7-5-15-18-13-10-11(17)3-4-14(13)19(15)8-6-12-2-1-9-20-12/h1-4,9-10H,5-8H2. The normalized spacial score (nSPS) is 11.3. The van der Waals surface area contributed by atoms with Crippen molar-refractivity contribution in [3.05, 3.63) is 54.0 Å². The van der Waals surface area contributed by atoms with Crippen LogP contribution in [0.25, 0.3) is 11.0 Å². The number of fused-ring (bicyclic) bond motifs is 1. The van der Waals surface area contributed by atoms with Crippen LogP contribution in [-0.2, 0) is 19.4 Å². The van der Waals surface area contributed by atoms with Gasteiger partial charge in [-0.2, -0.15) is 0 Å². The predicted octanol–water partition coefficient (Wildman–Crippen LogP) is 3.79. The van der Waals surface area contributed by atoms with Crippen molar-refractivity contribution in [1.82, 2.24) is 9.55 Å². The zero-order valence-corrected chi connectivity index (χ0v) is 11.6. The molecule has 0 saturated carbocycles. The van der Waals surface area contributed by atoms with Crippen LogP contribution in [-0.4, -0.2) is 15.4 Å². The van der Waals surface area contributed by atoms with E-state index >= 15 is 0 Å². The summed E-state index contributed by atoms with van der Waals surface area (Å²) in [7, 11) is 0. The Kier molecular flexibility index (Phi) is 3.74. The number of alkyl halides is 1. The van der Waals surface area contributed by atoms with Crippen LogP contribution in [0.4, 0.5) is 4.39 Å². The zero-order valence-electron chi connectivity index (χ0n) is 10.9. The van der Waals surface area contributed by atoms with Gasteiger partial charge in [0, 0.05) is 31.3 Å². The van der Waals surface area contributed by atoms with Crippen LogP contribution in [0.2, 0.25) is 0 Å². The van der Waals surface area contributed by atoms with Crippen molar-refractivity contribution in [2.75, 3.05) is 5.88 Å². The van der Waals surface area contributed by atoms with Gasteiger partial charge in [-0.3, -0.25) is 0 Å². The Morgan fingerprint density at radius 3 is 2.90 bits per heavy atom. The Morgan fingerprint density at radius 2 is 2.15 bits per heavy atom. The maximum absolute atomic E-state index is 13.3. The highest BCUT2D eigenvalue weighted by Gasteiger charge is 2.11. The topological polar surface area (TPSA) is 31.0 Å². The van der Waals surface area contributed by atoms with E-state index in [2.05, 4.69) is 9.55 Å². The van der Waals surface area contributed by atoms with Crippen LogP contribution in [0.1, 0.15) is 11.6 Å². The molecule has 2 heterocycles. The minimum atomic E-state index is -0.273. The lowest BCUT2D eigenvalue weighted by molar-refractivity contribution is 0.490. The highest BCUT2D eigenvalue weighted by molar-refractivity contribution is 6.17. The van der Waals surface area contributed by atoms with Crippen LogP contribution in [0, 0.1) is 5.82 Å². The molecule has 20 heavy (non-hydrogen) atoms. The molecule has 1 aromatic carbocycles. The van der Waals surface area contributed by atoms with Gasteiger partial charge >= 0.3 is 0 Å². The van der Waals surface area contributed by atoms with E-state index in [4.69, 9.17) is 16.0 Å². The summed E-state index contributed by atoms with van der Waals surface area (Å²) >= 11 is 5.82. The number of aryl methyl sites for hydroxylation is 3. The van der Waals surface area contributed by atoms with Crippen molar-refractivity contribution in [3.63, 3.8) is 0 Å². The van der Waals surface area contributed by atoms with Crippen LogP contribution >= 0.6 is 11.6 Å². The molecule has 0 aliphatic rings. The van der Waals surface area contributed by atoms with Crippen LogP contribution in [0.15, 0.2) is 41.0 Å². The molecule has 104 valence electrons. The van der Waals surface area contributed by atoms with Crippen LogP contribution in [0.5, 0.6) is 0 Å². The first-order chi connectivity index (χ1) is 9.78. The first-order valence-corrected chi connectivity index (χ1v) is 7.04. The molecule has 3 rings (SSSR count). The van der Waals surface area contributed by atoms with E-state index in [0.29, 0.717) is 17.8 Å². The lowest BCUT2D eigenvalue weighted by Crippen LogP contribution is -2.06. The van der Waals surface area contributed by atoms with Crippen molar-refractivity contribution in [2.45, 2.75) is 19.4 Å². The summed E-state index contributed by atoms with van der Waals surface area (Å²) in [6.07, 6.45) is 3.09. The molecule has 0 bridgehead atoms. The maximum atomic E-state index is 13.3. The summed E-state index contributed by atoms with van der Waals surface area (Å²) in [4.78, 5) is 4.47. The van der Waals surface area contributed by atoms with E-state index in [1.54, 1.807) is 12.3 Å². The Labute approximate surface area is 121 Å². The zero-order chi connectivity index (χ0) is 13.9. The summed E-state index contributed by atoms with van der Waals surface area (Å²) in [5.74, 6) is 2.02. The minimum absolute atomic E-state index is 0.273. The highest BCUT2D eigenvalue weighted by Crippen LogP contribution is 2.19. The minimum Gasteiger partial charge on any atom is -0.469 e. The average Bonchev–Trinajstić information content (AvgIpc) is 3.04. The van der Waals surface area contributed by atoms with Gasteiger partial charge in [-0.25, -0.2) is 9.37 Å². The summed E-state index contributed by atoms with van der Waals surface area (Å²) in [6.45, 7) is 0.738. The molecule has 2 aromatic heterocycles. The van der Waals surface area contributed by atoms with Crippen molar-refractivity contribution >= 4 is 22.6 Å². The lowest BCUT2D eigenvalue weighted by Gasteiger charge is -2.07. The SMILES string of the molecule is Fc1ccc2c(c1)nc(CCCl)n2CCc1ccco1. The molecule has 0 N–H and O–H groups in total. The number of hydrogen-bond donors (Lipinski definition) is 0. The fourth-order valence-electron chi connectivity index (χ4n) is 2.35. The smallest absolute Gasteiger partial charge is 0.125 e. The molecule has 0 spiro atoms. The molecule has 0 radical (unpaired) electrons. The van der Waals surface area contributed by atoms with Crippen molar-refractivity contribution in [3.8, 4) is 0 Å². The van der Waals surface area contributed by atoms with Gasteiger partial charge in [-0.1, -0.05) is 0 Å². The Bertz CT molecular complexity index is 706. The second kappa shape index (κ2) is 5.67. The van der Waals surface area contributed by atoms with Crippen molar-refractivity contribution in [1.29, 1.82) is 0 Å². The Morgan fingerprint density at radius 1 is 1.25 bits per heavy atom. The number of hydrogen-bond acceptors (Lipinski definition) is 2. The van der Waals surface area contributed by atoms with Gasteiger partial charge in [0.15, 0.2) is 0 Å². The quantitative estimate of drug-likeness (QED) is 0.670. The summed E-state index contributed by atoms with van der Waals surface area (Å²) < 4.78 is 20.7. The number of halogens is 2. The van der Waals surface area contributed by atoms with E-state index in [1.165, 1.54) is 12.1 Å². The molecule has 0 unspecified atom stereocenters. The number of rotatable bonds is 5. The van der Waals surface area contributed by atoms with E-state index in [0.717, 1.165) is 30.1 Å². The third-order valence-electron chi connectivity index (χ3n) is 3.27. The average molecular weight is 293 g/mol. The molecule has 0 amide bonds. The molecule has 3 nitrogen and oxygen atoms in total. The Balaban J connectivity index is 1.95. The van der Waals surface area contributed by atoms with E-state index in [9.17, 15) is 4.39 Å². The molecule has 0 fully saturated rings. The van der Waals surface area contributed by atoms with Crippen LogP contribution in [0.3, 0.4) is 0 Å². The number of benzene rings is 1. The third kappa shape index (κ3) is 2.56. The Hall–Kier alpha value is -1.81. The number of aromatic nitrogens is 2. The first-order valence-electron chi connectivity index (χ1n) is 6.51. The van der Waals surface area contributed by atoms with E-state index in [1.807, 2.05) is 12.1 Å². The van der Waals surface area contributed by atoms with E-state index < -0.39 is 0 Å². The molecule has 3 aromatic rings. The van der Waals surface area contributed by atoms with Crippen molar-refractivity contribution in [2.24, 2.45) is 0 Å². The van der Waals surface area contributed by atoms with Crippen molar-refractivity contribution < 1.29 is 8.81 Å². The van der Waals surface area contributed by atoms with Gasteiger partial charge in [0.25, 0.3) is 0 Å². The summed E-state index contributed by atoms with van der Waals surface area (Å²) in [5, 5.41) is 0. The fourth-order valence-corrected chi connectivity index (χ4v) is 2.52. The second-order valence-corrected chi connectivity index (χ2v) is 4.96. The fraction of sp³-hybridized carbons (Fsp3) is 0.267.